The van der Waals surface area contributed by atoms with Crippen molar-refractivity contribution in [3.8, 4) is 0 Å². The average molecular weight is 579 g/mol. The lowest BCUT2D eigenvalue weighted by Crippen LogP contribution is -2.40. The topological polar surface area (TPSA) is 117 Å². The van der Waals surface area contributed by atoms with Crippen LogP contribution in [0.2, 0.25) is 0 Å². The summed E-state index contributed by atoms with van der Waals surface area (Å²) < 4.78 is 28.4. The van der Waals surface area contributed by atoms with Crippen LogP contribution in [0.15, 0.2) is 35.1 Å². The lowest BCUT2D eigenvalue weighted by molar-refractivity contribution is -0.119. The van der Waals surface area contributed by atoms with Gasteiger partial charge in [0.15, 0.2) is 5.82 Å². The molecule has 15 heteroatoms. The van der Waals surface area contributed by atoms with E-state index in [0.717, 1.165) is 4.90 Å². The average Bonchev–Trinajstić information content (AvgIpc) is 3.57. The Balaban J connectivity index is 1.42. The van der Waals surface area contributed by atoms with Crippen molar-refractivity contribution in [1.82, 2.24) is 10.5 Å². The van der Waals surface area contributed by atoms with Crippen molar-refractivity contribution < 1.29 is 32.8 Å². The van der Waals surface area contributed by atoms with E-state index in [1.54, 1.807) is 12.1 Å². The number of hydrogen-bond donors (Lipinski definition) is 1. The molecule has 1 aromatic heterocycles. The van der Waals surface area contributed by atoms with Crippen molar-refractivity contribution in [2.45, 2.75) is 29.3 Å². The summed E-state index contributed by atoms with van der Waals surface area (Å²) in [5.74, 6) is -0.551. The van der Waals surface area contributed by atoms with Gasteiger partial charge in [-0.15, -0.1) is 0 Å². The molecule has 11 nitrogen and oxygen atoms in total. The summed E-state index contributed by atoms with van der Waals surface area (Å²) in [6.07, 6.45) is -0.454. The smallest absolute Gasteiger partial charge is 0.415 e. The molecular formula is C22H23Cl3FN5O6. The maximum absolute atomic E-state index is 15.0. The van der Waals surface area contributed by atoms with Gasteiger partial charge in [0.05, 0.1) is 24.5 Å². The van der Waals surface area contributed by atoms with Crippen molar-refractivity contribution in [3.05, 3.63) is 36.3 Å². The summed E-state index contributed by atoms with van der Waals surface area (Å²) in [6.45, 7) is 1.87. The number of cyclic esters (lactones) is 1. The second kappa shape index (κ2) is 11.2. The highest BCUT2D eigenvalue weighted by molar-refractivity contribution is 6.67. The molecule has 2 aliphatic rings. The summed E-state index contributed by atoms with van der Waals surface area (Å²) >= 11 is 17.0. The number of halogens is 4. The van der Waals surface area contributed by atoms with Crippen LogP contribution in [0.5, 0.6) is 0 Å². The Labute approximate surface area is 226 Å². The first-order valence-electron chi connectivity index (χ1n) is 11.2. The largest absolute Gasteiger partial charge is 0.445 e. The minimum absolute atomic E-state index is 0.0258. The summed E-state index contributed by atoms with van der Waals surface area (Å²) in [5.41, 5.74) is 0.660. The van der Waals surface area contributed by atoms with Crippen molar-refractivity contribution in [2.75, 3.05) is 47.5 Å². The van der Waals surface area contributed by atoms with Crippen LogP contribution in [-0.4, -0.2) is 72.0 Å². The van der Waals surface area contributed by atoms with Gasteiger partial charge < -0.3 is 24.2 Å². The number of anilines is 3. The minimum atomic E-state index is -1.82. The van der Waals surface area contributed by atoms with Crippen LogP contribution >= 0.6 is 34.8 Å². The number of alkyl halides is 3. The maximum atomic E-state index is 15.0. The molecule has 2 atom stereocenters. The lowest BCUT2D eigenvalue weighted by Gasteiger charge is -2.23. The summed E-state index contributed by atoms with van der Waals surface area (Å²) in [4.78, 5) is 40.7. The first kappa shape index (κ1) is 27.1. The third kappa shape index (κ3) is 6.88. The SMILES string of the molecule is CC(=O)N[C@H]1CCN(c2ccc(N3C[C@H](CN(C(=O)OCC(Cl)(Cl)Cl)c4ccon4)OC3=O)cc2F)C1. The zero-order valence-electron chi connectivity index (χ0n) is 19.5. The highest BCUT2D eigenvalue weighted by Gasteiger charge is 2.37. The quantitative estimate of drug-likeness (QED) is 0.492. The van der Waals surface area contributed by atoms with Gasteiger partial charge in [0, 0.05) is 32.1 Å². The number of rotatable bonds is 7. The molecule has 0 bridgehead atoms. The van der Waals surface area contributed by atoms with Gasteiger partial charge in [-0.25, -0.2) is 14.0 Å². The second-order valence-corrected chi connectivity index (χ2v) is 11.0. The first-order valence-corrected chi connectivity index (χ1v) is 12.3. The molecule has 3 amide bonds. The third-order valence-electron chi connectivity index (χ3n) is 5.72. The molecule has 200 valence electrons. The van der Waals surface area contributed by atoms with E-state index >= 15 is 4.39 Å². The fourth-order valence-corrected chi connectivity index (χ4v) is 4.33. The molecule has 2 aromatic rings. The summed E-state index contributed by atoms with van der Waals surface area (Å²) in [5, 5.41) is 6.56. The number of carbonyl (C=O) groups is 3. The Bertz CT molecular complexity index is 1150. The summed E-state index contributed by atoms with van der Waals surface area (Å²) in [6, 6.07) is 5.79. The fraction of sp³-hybridized carbons (Fsp3) is 0.455. The molecule has 0 unspecified atom stereocenters. The van der Waals surface area contributed by atoms with E-state index in [-0.39, 0.29) is 36.5 Å². The second-order valence-electron chi connectivity index (χ2n) is 8.52. The number of aromatic nitrogens is 1. The normalized spacial score (nSPS) is 19.6. The number of carbonyl (C=O) groups excluding carboxylic acids is 3. The molecule has 1 N–H and O–H groups in total. The van der Waals surface area contributed by atoms with E-state index in [1.165, 1.54) is 30.2 Å². The Morgan fingerprint density at radius 2 is 2.08 bits per heavy atom. The minimum Gasteiger partial charge on any atom is -0.445 e. The van der Waals surface area contributed by atoms with Crippen LogP contribution in [0.4, 0.5) is 31.2 Å². The molecule has 0 radical (unpaired) electrons. The van der Waals surface area contributed by atoms with E-state index in [4.69, 9.17) is 48.8 Å². The number of amides is 3. The Kier molecular flexibility index (Phi) is 8.20. The molecular weight excluding hydrogens is 556 g/mol. The maximum Gasteiger partial charge on any atom is 0.415 e. The van der Waals surface area contributed by atoms with Crippen molar-refractivity contribution in [2.24, 2.45) is 0 Å². The van der Waals surface area contributed by atoms with Gasteiger partial charge in [0.1, 0.15) is 24.8 Å². The number of ether oxygens (including phenoxy) is 2. The predicted octanol–water partition coefficient (Wildman–Crippen LogP) is 3.87. The van der Waals surface area contributed by atoms with Gasteiger partial charge in [0.2, 0.25) is 9.70 Å². The Morgan fingerprint density at radius 3 is 2.73 bits per heavy atom. The molecule has 2 saturated heterocycles. The number of benzene rings is 1. The number of nitrogens with zero attached hydrogens (tertiary/aromatic N) is 4. The highest BCUT2D eigenvalue weighted by Crippen LogP contribution is 2.31. The predicted molar refractivity (Wildman–Crippen MR) is 134 cm³/mol. The van der Waals surface area contributed by atoms with Gasteiger partial charge in [-0.05, 0) is 24.6 Å². The van der Waals surface area contributed by atoms with Gasteiger partial charge in [-0.1, -0.05) is 40.0 Å². The molecule has 1 aromatic carbocycles. The Morgan fingerprint density at radius 1 is 1.30 bits per heavy atom. The van der Waals surface area contributed by atoms with Gasteiger partial charge >= 0.3 is 12.2 Å². The fourth-order valence-electron chi connectivity index (χ4n) is 4.16. The van der Waals surface area contributed by atoms with Gasteiger partial charge in [-0.2, -0.15) is 0 Å². The van der Waals surface area contributed by atoms with Gasteiger partial charge in [-0.3, -0.25) is 14.6 Å². The Hall–Kier alpha value is -2.96. The third-order valence-corrected chi connectivity index (χ3v) is 6.05. The first-order chi connectivity index (χ1) is 17.5. The van der Waals surface area contributed by atoms with E-state index in [9.17, 15) is 14.4 Å². The van der Waals surface area contributed by atoms with Crippen LogP contribution in [0, 0.1) is 5.82 Å². The number of nitrogens with one attached hydrogen (secondary N) is 1. The standard InChI is InChI=1S/C22H23Cl3FN5O6/c1-13(32)27-14-4-6-29(9-14)18-3-2-15(8-17(18)26)30-10-16(37-21(30)34)11-31(19-5-7-36-28-19)20(33)35-12-22(23,24)25/h2-3,5,7-8,14,16H,4,6,9-12H2,1H3,(H,27,32)/t14-,16+/m0/s1. The van der Waals surface area contributed by atoms with E-state index in [0.29, 0.717) is 25.2 Å². The number of hydrogen-bond acceptors (Lipinski definition) is 8. The molecule has 0 saturated carbocycles. The van der Waals surface area contributed by atoms with Gasteiger partial charge in [0.25, 0.3) is 0 Å². The van der Waals surface area contributed by atoms with Crippen molar-refractivity contribution in [1.29, 1.82) is 0 Å². The van der Waals surface area contributed by atoms with E-state index in [1.807, 2.05) is 4.90 Å². The van der Waals surface area contributed by atoms with E-state index in [2.05, 4.69) is 10.5 Å². The van der Waals surface area contributed by atoms with E-state index < -0.39 is 34.5 Å². The van der Waals surface area contributed by atoms with Crippen LogP contribution < -0.4 is 20.0 Å². The zero-order valence-corrected chi connectivity index (χ0v) is 21.8. The van der Waals surface area contributed by atoms with Crippen LogP contribution in [-0.2, 0) is 14.3 Å². The lowest BCUT2D eigenvalue weighted by atomic mass is 10.2. The molecule has 0 aliphatic carbocycles. The molecule has 0 spiro atoms. The zero-order chi connectivity index (χ0) is 26.7. The van der Waals surface area contributed by atoms with Crippen LogP contribution in [0.25, 0.3) is 0 Å². The summed E-state index contributed by atoms with van der Waals surface area (Å²) in [7, 11) is 0. The van der Waals surface area contributed by atoms with Crippen LogP contribution in [0.1, 0.15) is 13.3 Å². The molecule has 2 fully saturated rings. The van der Waals surface area contributed by atoms with Crippen molar-refractivity contribution >= 4 is 70.1 Å². The van der Waals surface area contributed by atoms with Crippen molar-refractivity contribution in [3.63, 3.8) is 0 Å². The highest BCUT2D eigenvalue weighted by atomic mass is 35.6. The molecule has 2 aliphatic heterocycles. The van der Waals surface area contributed by atoms with Crippen LogP contribution in [0.3, 0.4) is 0 Å². The molecule has 37 heavy (non-hydrogen) atoms. The molecule has 3 heterocycles. The monoisotopic (exact) mass is 577 g/mol. The molecule has 4 rings (SSSR count).